The van der Waals surface area contributed by atoms with Crippen molar-refractivity contribution in [2.24, 2.45) is 0 Å². The average Bonchev–Trinajstić information content (AvgIpc) is 3.61. The first-order valence-corrected chi connectivity index (χ1v) is 25.4. The molecule has 2 heterocycles. The standard InChI is InChI=1S/C52H57N3O7S2/c1-51(2)46(54(32-9-11-34-63(56,57)58)44-28-20-36-14-5-7-18-42(36)48(44)51)30-22-38-16-13-17-39(50(38)62-41-26-24-40(53)25-27-41)23-31-47-52(3,4)49-43-19-8-6-15-37(43)21-29-45(49)55(47)33-10-12-35-64(59,60)61/h5-8,14-15,18-31H,9-13,16-17,32-35,53H2,1-4H3,(H-,56,57,58,59,60,61)/p+1. The summed E-state index contributed by atoms with van der Waals surface area (Å²) in [6.45, 7) is 10.1. The average molecular weight is 901 g/mol. The first-order valence-electron chi connectivity index (χ1n) is 22.2. The quantitative estimate of drug-likeness (QED) is 0.0404. The summed E-state index contributed by atoms with van der Waals surface area (Å²) >= 11 is 0. The van der Waals surface area contributed by atoms with Crippen molar-refractivity contribution in [3.05, 3.63) is 155 Å². The second kappa shape index (κ2) is 17.8. The lowest BCUT2D eigenvalue weighted by Gasteiger charge is -2.28. The lowest BCUT2D eigenvalue weighted by Crippen LogP contribution is -2.28. The van der Waals surface area contributed by atoms with Gasteiger partial charge in [0.15, 0.2) is 5.71 Å². The Morgan fingerprint density at radius 1 is 0.703 bits per heavy atom. The minimum atomic E-state index is -4.07. The number of anilines is 2. The number of nitrogens with two attached hydrogens (primary N) is 1. The third-order valence-corrected chi connectivity index (χ3v) is 14.6. The molecule has 0 fully saturated rings. The summed E-state index contributed by atoms with van der Waals surface area (Å²) in [7, 11) is -8.14. The second-order valence-corrected chi connectivity index (χ2v) is 21.4. The van der Waals surface area contributed by atoms with Gasteiger partial charge in [-0.3, -0.25) is 9.11 Å². The third kappa shape index (κ3) is 9.33. The molecule has 0 spiro atoms. The molecule has 4 N–H and O–H groups in total. The normalized spacial score (nSPS) is 18.6. The topological polar surface area (TPSA) is 150 Å². The molecule has 64 heavy (non-hydrogen) atoms. The molecule has 0 bridgehead atoms. The molecule has 1 aliphatic carbocycles. The lowest BCUT2D eigenvalue weighted by atomic mass is 9.78. The monoisotopic (exact) mass is 900 g/mol. The van der Waals surface area contributed by atoms with E-state index < -0.39 is 31.1 Å². The Kier molecular flexibility index (Phi) is 12.5. The number of hydrogen-bond donors (Lipinski definition) is 3. The van der Waals surface area contributed by atoms with Crippen LogP contribution in [0, 0.1) is 0 Å². The maximum atomic E-state index is 11.6. The fourth-order valence-corrected chi connectivity index (χ4v) is 11.2. The van der Waals surface area contributed by atoms with Crippen LogP contribution in [0.2, 0.25) is 0 Å². The molecule has 2 aliphatic heterocycles. The van der Waals surface area contributed by atoms with E-state index in [2.05, 4.69) is 122 Å². The fourth-order valence-electron chi connectivity index (χ4n) is 10.0. The highest BCUT2D eigenvalue weighted by atomic mass is 32.2. The third-order valence-electron chi connectivity index (χ3n) is 13.0. The van der Waals surface area contributed by atoms with Gasteiger partial charge in [0.25, 0.3) is 20.2 Å². The maximum absolute atomic E-state index is 11.6. The zero-order chi connectivity index (χ0) is 45.4. The molecule has 8 rings (SSSR count). The molecule has 0 saturated heterocycles. The van der Waals surface area contributed by atoms with Gasteiger partial charge >= 0.3 is 0 Å². The van der Waals surface area contributed by atoms with E-state index in [1.807, 2.05) is 36.4 Å². The predicted molar refractivity (Wildman–Crippen MR) is 260 cm³/mol. The summed E-state index contributed by atoms with van der Waals surface area (Å²) < 4.78 is 74.7. The van der Waals surface area contributed by atoms with Gasteiger partial charge < -0.3 is 15.4 Å². The van der Waals surface area contributed by atoms with Crippen LogP contribution in [0.15, 0.2) is 144 Å². The first-order chi connectivity index (χ1) is 30.4. The molecule has 0 atom stereocenters. The van der Waals surface area contributed by atoms with E-state index in [0.29, 0.717) is 50.2 Å². The van der Waals surface area contributed by atoms with Gasteiger partial charge in [0, 0.05) is 53.2 Å². The van der Waals surface area contributed by atoms with Crippen LogP contribution in [-0.4, -0.2) is 60.8 Å². The summed E-state index contributed by atoms with van der Waals surface area (Å²) in [5.41, 5.74) is 14.8. The van der Waals surface area contributed by atoms with Gasteiger partial charge in [-0.2, -0.15) is 21.4 Å². The van der Waals surface area contributed by atoms with Crippen LogP contribution in [0.3, 0.4) is 0 Å². The molecule has 5 aromatic rings. The van der Waals surface area contributed by atoms with Crippen molar-refractivity contribution >= 4 is 64.6 Å². The van der Waals surface area contributed by atoms with E-state index in [1.165, 1.54) is 21.9 Å². The molecule has 0 saturated carbocycles. The van der Waals surface area contributed by atoms with Crippen molar-refractivity contribution in [2.45, 2.75) is 83.5 Å². The minimum absolute atomic E-state index is 0.282. The first kappa shape index (κ1) is 45.1. The molecular formula is C52H58N3O7S2+. The van der Waals surface area contributed by atoms with Gasteiger partial charge in [-0.15, -0.1) is 0 Å². The molecule has 0 amide bonds. The van der Waals surface area contributed by atoms with Crippen LogP contribution < -0.4 is 15.4 Å². The van der Waals surface area contributed by atoms with E-state index in [9.17, 15) is 25.9 Å². The van der Waals surface area contributed by atoms with Crippen molar-refractivity contribution in [2.75, 3.05) is 35.2 Å². The summed E-state index contributed by atoms with van der Waals surface area (Å²) in [5.74, 6) is 0.886. The zero-order valence-electron chi connectivity index (χ0n) is 37.0. The molecule has 0 radical (unpaired) electrons. The maximum Gasteiger partial charge on any atom is 0.264 e. The van der Waals surface area contributed by atoms with Gasteiger partial charge in [0.05, 0.1) is 16.9 Å². The summed E-state index contributed by atoms with van der Waals surface area (Å²) in [6, 6.07) is 32.9. The Bertz CT molecular complexity index is 3020. The summed E-state index contributed by atoms with van der Waals surface area (Å²) in [6.07, 6.45) is 13.1. The highest BCUT2D eigenvalue weighted by molar-refractivity contribution is 7.86. The highest BCUT2D eigenvalue weighted by Gasteiger charge is 2.46. The van der Waals surface area contributed by atoms with E-state index in [-0.39, 0.29) is 11.5 Å². The van der Waals surface area contributed by atoms with Gasteiger partial charge in [0.1, 0.15) is 18.1 Å². The van der Waals surface area contributed by atoms with Gasteiger partial charge in [-0.25, -0.2) is 0 Å². The Morgan fingerprint density at radius 3 is 2.00 bits per heavy atom. The number of nitrogens with zero attached hydrogens (tertiary/aromatic N) is 2. The fraction of sp³-hybridized carbons (Fsp3) is 0.327. The number of ether oxygens (including phenoxy) is 1. The number of allylic oxidation sites excluding steroid dienone is 7. The van der Waals surface area contributed by atoms with Gasteiger partial charge in [-0.05, 0) is 139 Å². The largest absolute Gasteiger partial charge is 0.457 e. The van der Waals surface area contributed by atoms with Crippen molar-refractivity contribution in [3.8, 4) is 5.75 Å². The molecule has 10 nitrogen and oxygen atoms in total. The Morgan fingerprint density at radius 2 is 1.33 bits per heavy atom. The van der Waals surface area contributed by atoms with Crippen LogP contribution in [0.5, 0.6) is 5.75 Å². The molecule has 0 aromatic heterocycles. The van der Waals surface area contributed by atoms with E-state index in [0.717, 1.165) is 69.7 Å². The Labute approximate surface area is 377 Å². The number of unbranched alkanes of at least 4 members (excludes halogenated alkanes) is 2. The predicted octanol–water partition coefficient (Wildman–Crippen LogP) is 11.0. The molecular weight excluding hydrogens is 843 g/mol. The van der Waals surface area contributed by atoms with Crippen LogP contribution in [0.1, 0.15) is 83.8 Å². The summed E-state index contributed by atoms with van der Waals surface area (Å²) in [5, 5.41) is 4.66. The molecule has 5 aromatic carbocycles. The Balaban J connectivity index is 1.22. The molecule has 334 valence electrons. The smallest absolute Gasteiger partial charge is 0.264 e. The number of rotatable bonds is 15. The highest BCUT2D eigenvalue weighted by Crippen LogP contribution is 2.51. The minimum Gasteiger partial charge on any atom is -0.457 e. The lowest BCUT2D eigenvalue weighted by molar-refractivity contribution is -0.438. The number of benzene rings is 5. The number of nitrogen functional groups attached to an aromatic ring is 1. The molecule has 0 unspecified atom stereocenters. The van der Waals surface area contributed by atoms with Gasteiger partial charge in [0.2, 0.25) is 5.69 Å². The molecule has 3 aliphatic rings. The van der Waals surface area contributed by atoms with E-state index in [4.69, 9.17) is 10.5 Å². The van der Waals surface area contributed by atoms with E-state index >= 15 is 0 Å². The molecule has 12 heteroatoms. The van der Waals surface area contributed by atoms with Crippen molar-refractivity contribution in [3.63, 3.8) is 0 Å². The second-order valence-electron chi connectivity index (χ2n) is 18.2. The van der Waals surface area contributed by atoms with Crippen LogP contribution in [0.4, 0.5) is 17.1 Å². The van der Waals surface area contributed by atoms with Crippen LogP contribution in [-0.2, 0) is 31.1 Å². The zero-order valence-corrected chi connectivity index (χ0v) is 38.7. The number of fused-ring (bicyclic) bond motifs is 6. The van der Waals surface area contributed by atoms with E-state index in [1.54, 1.807) is 0 Å². The van der Waals surface area contributed by atoms with Crippen molar-refractivity contribution < 1.29 is 35.3 Å². The Hall–Kier alpha value is -5.53. The van der Waals surface area contributed by atoms with Crippen molar-refractivity contribution in [1.82, 2.24) is 0 Å². The van der Waals surface area contributed by atoms with Crippen LogP contribution >= 0.6 is 0 Å². The summed E-state index contributed by atoms with van der Waals surface area (Å²) in [4.78, 5) is 2.31. The van der Waals surface area contributed by atoms with Gasteiger partial charge in [-0.1, -0.05) is 74.5 Å². The van der Waals surface area contributed by atoms with Crippen molar-refractivity contribution in [1.29, 1.82) is 0 Å². The number of hydrogen-bond acceptors (Lipinski definition) is 7. The SMILES string of the molecule is CC1(C)C(/C=C/C2=C(Oc3ccc(N)cc3)C(=C/C=C3/N(CCCCS(=O)(=O)O)c4ccc5ccccc5c4C3(C)C)/CCC2)=[N+](CCCCS(=O)(=O)O)c2ccc3ccccc3c21. The van der Waals surface area contributed by atoms with Crippen LogP contribution in [0.25, 0.3) is 21.5 Å².